The number of likely N-dealkylation sites (tertiary alicyclic amines) is 1. The number of allylic oxidation sites excluding steroid dienone is 1. The number of hydrogen-bond donors (Lipinski definition) is 3. The SMILES string of the molecule is COCC1=C([C@H](O)CC/C(=C/c2ccc(O)cc2Cl)c2ccccn2)[C@H](CO)[C@@H]2C(=O)N(Cc3cccs3)C(=O)[C@@H]2C1. The molecule has 1 saturated heterocycles. The molecule has 0 spiro atoms. The monoisotopic (exact) mass is 608 g/mol. The number of aliphatic hydroxyl groups is 2. The number of aliphatic hydroxyl groups excluding tert-OH is 2. The maximum absolute atomic E-state index is 13.6. The predicted octanol–water partition coefficient (Wildman–Crippen LogP) is 4.94. The Kier molecular flexibility index (Phi) is 9.55. The molecule has 3 N–H and O–H groups in total. The summed E-state index contributed by atoms with van der Waals surface area (Å²) in [7, 11) is 1.55. The highest BCUT2D eigenvalue weighted by atomic mass is 35.5. The van der Waals surface area contributed by atoms with Gasteiger partial charge in [-0.15, -0.1) is 11.3 Å². The zero-order valence-corrected chi connectivity index (χ0v) is 24.7. The lowest BCUT2D eigenvalue weighted by molar-refractivity contribution is -0.140. The summed E-state index contributed by atoms with van der Waals surface area (Å²) in [6.45, 7) is 0.0132. The molecule has 4 atom stereocenters. The fourth-order valence-electron chi connectivity index (χ4n) is 6.14. The third-order valence-electron chi connectivity index (χ3n) is 8.04. The number of halogens is 1. The first-order valence-corrected chi connectivity index (χ1v) is 15.1. The zero-order chi connectivity index (χ0) is 29.8. The van der Waals surface area contributed by atoms with E-state index in [1.807, 2.05) is 41.8 Å². The Labute approximate surface area is 253 Å². The van der Waals surface area contributed by atoms with Gasteiger partial charge in [0, 0.05) is 24.1 Å². The normalized spacial score (nSPS) is 21.7. The minimum absolute atomic E-state index is 0.0594. The van der Waals surface area contributed by atoms with Crippen LogP contribution in [0.4, 0.5) is 0 Å². The highest BCUT2D eigenvalue weighted by molar-refractivity contribution is 7.09. The van der Waals surface area contributed by atoms with Crippen molar-refractivity contribution in [1.82, 2.24) is 9.88 Å². The van der Waals surface area contributed by atoms with E-state index < -0.39 is 23.9 Å². The molecule has 220 valence electrons. The minimum Gasteiger partial charge on any atom is -0.508 e. The number of fused-ring (bicyclic) bond motifs is 1. The number of aromatic hydroxyl groups is 1. The van der Waals surface area contributed by atoms with E-state index in [9.17, 15) is 24.9 Å². The van der Waals surface area contributed by atoms with Crippen LogP contribution in [0.25, 0.3) is 11.6 Å². The van der Waals surface area contributed by atoms with Crippen LogP contribution >= 0.6 is 22.9 Å². The number of thiophene rings is 1. The Morgan fingerprint density at radius 2 is 2.05 bits per heavy atom. The summed E-state index contributed by atoms with van der Waals surface area (Å²) in [5.74, 6) is -2.54. The predicted molar refractivity (Wildman–Crippen MR) is 161 cm³/mol. The van der Waals surface area contributed by atoms with Gasteiger partial charge in [0.2, 0.25) is 11.8 Å². The van der Waals surface area contributed by atoms with Gasteiger partial charge in [-0.3, -0.25) is 19.5 Å². The van der Waals surface area contributed by atoms with E-state index in [4.69, 9.17) is 16.3 Å². The highest BCUT2D eigenvalue weighted by Gasteiger charge is 2.54. The molecular weight excluding hydrogens is 576 g/mol. The van der Waals surface area contributed by atoms with Crippen LogP contribution in [0.5, 0.6) is 5.75 Å². The number of pyridine rings is 1. The first-order chi connectivity index (χ1) is 20.3. The van der Waals surface area contributed by atoms with E-state index in [2.05, 4.69) is 4.98 Å². The standard InChI is InChI=1S/C32H33ClN2O6S/c1-41-18-21-14-24-30(32(40)35(31(24)39)16-23-5-4-12-42-23)25(17-36)29(21)28(38)10-8-20(27-6-2-3-11-34-27)13-19-7-9-22(37)15-26(19)33/h2-7,9,11-13,15,24-25,28,30,36-38H,8,10,14,16-18H2,1H3/b20-13-/t24-,25+,28-,30-/m1/s1. The van der Waals surface area contributed by atoms with E-state index in [1.54, 1.807) is 25.4 Å². The largest absolute Gasteiger partial charge is 0.508 e. The Balaban J connectivity index is 1.43. The molecule has 5 rings (SSSR count). The topological polar surface area (TPSA) is 120 Å². The summed E-state index contributed by atoms with van der Waals surface area (Å²) < 4.78 is 5.46. The van der Waals surface area contributed by atoms with Crippen LogP contribution in [-0.2, 0) is 20.9 Å². The van der Waals surface area contributed by atoms with Crippen LogP contribution in [0.15, 0.2) is 71.3 Å². The van der Waals surface area contributed by atoms with Crippen molar-refractivity contribution >= 4 is 46.4 Å². The second-order valence-corrected chi connectivity index (χ2v) is 12.0. The number of hydrogen-bond acceptors (Lipinski definition) is 8. The second kappa shape index (κ2) is 13.3. The van der Waals surface area contributed by atoms with Crippen LogP contribution in [0.1, 0.15) is 35.4 Å². The van der Waals surface area contributed by atoms with Crippen molar-refractivity contribution in [3.05, 3.63) is 92.4 Å². The van der Waals surface area contributed by atoms with Gasteiger partial charge in [-0.05, 0) is 89.4 Å². The molecule has 3 heterocycles. The zero-order valence-electron chi connectivity index (χ0n) is 23.1. The summed E-state index contributed by atoms with van der Waals surface area (Å²) in [6, 6.07) is 14.1. The number of carbonyl (C=O) groups excluding carboxylic acids is 2. The number of carbonyl (C=O) groups is 2. The molecule has 2 aliphatic rings. The van der Waals surface area contributed by atoms with Crippen LogP contribution in [0.3, 0.4) is 0 Å². The molecular formula is C32H33ClN2O6S. The van der Waals surface area contributed by atoms with E-state index in [1.165, 1.54) is 22.3 Å². The molecule has 0 bridgehead atoms. The van der Waals surface area contributed by atoms with Gasteiger partial charge in [0.25, 0.3) is 0 Å². The Morgan fingerprint density at radius 3 is 2.71 bits per heavy atom. The Morgan fingerprint density at radius 1 is 1.21 bits per heavy atom. The van der Waals surface area contributed by atoms with Crippen molar-refractivity contribution in [2.45, 2.75) is 31.9 Å². The van der Waals surface area contributed by atoms with Crippen molar-refractivity contribution in [2.75, 3.05) is 20.3 Å². The average Bonchev–Trinajstić information content (AvgIpc) is 3.59. The van der Waals surface area contributed by atoms with Crippen LogP contribution in [0, 0.1) is 17.8 Å². The highest BCUT2D eigenvalue weighted by Crippen LogP contribution is 2.47. The summed E-state index contributed by atoms with van der Waals surface area (Å²) in [5, 5.41) is 34.3. The molecule has 2 aromatic heterocycles. The van der Waals surface area contributed by atoms with Gasteiger partial charge in [0.15, 0.2) is 0 Å². The van der Waals surface area contributed by atoms with Gasteiger partial charge in [0.05, 0.1) is 48.4 Å². The van der Waals surface area contributed by atoms with Gasteiger partial charge in [0.1, 0.15) is 5.75 Å². The molecule has 3 aromatic rings. The number of nitrogens with zero attached hydrogens (tertiary/aromatic N) is 2. The minimum atomic E-state index is -0.995. The van der Waals surface area contributed by atoms with Crippen molar-refractivity contribution in [2.24, 2.45) is 17.8 Å². The van der Waals surface area contributed by atoms with Gasteiger partial charge >= 0.3 is 0 Å². The van der Waals surface area contributed by atoms with Gasteiger partial charge in [-0.25, -0.2) is 0 Å². The third-order valence-corrected chi connectivity index (χ3v) is 9.23. The van der Waals surface area contributed by atoms with Crippen LogP contribution in [-0.4, -0.2) is 63.4 Å². The summed E-state index contributed by atoms with van der Waals surface area (Å²) in [4.78, 5) is 33.7. The molecule has 8 nitrogen and oxygen atoms in total. The third kappa shape index (κ3) is 6.21. The van der Waals surface area contributed by atoms with Crippen molar-refractivity contribution in [1.29, 1.82) is 0 Å². The lowest BCUT2D eigenvalue weighted by atomic mass is 9.68. The van der Waals surface area contributed by atoms with Crippen molar-refractivity contribution in [3.63, 3.8) is 0 Å². The number of phenols is 1. The molecule has 1 aliphatic carbocycles. The van der Waals surface area contributed by atoms with E-state index in [0.29, 0.717) is 34.7 Å². The maximum Gasteiger partial charge on any atom is 0.234 e. The first kappa shape index (κ1) is 30.1. The number of ether oxygens (including phenoxy) is 1. The molecule has 1 fully saturated rings. The lowest BCUT2D eigenvalue weighted by Crippen LogP contribution is -2.39. The molecule has 2 amide bonds. The van der Waals surface area contributed by atoms with Crippen molar-refractivity contribution < 1.29 is 29.6 Å². The number of phenolic OH excluding ortho intramolecular Hbond substituents is 1. The molecule has 10 heteroatoms. The second-order valence-electron chi connectivity index (χ2n) is 10.6. The Hall–Kier alpha value is -3.34. The van der Waals surface area contributed by atoms with Crippen LogP contribution < -0.4 is 0 Å². The summed E-state index contributed by atoms with van der Waals surface area (Å²) >= 11 is 7.86. The number of rotatable bonds is 11. The first-order valence-electron chi connectivity index (χ1n) is 13.8. The Bertz CT molecular complexity index is 1490. The van der Waals surface area contributed by atoms with E-state index >= 15 is 0 Å². The van der Waals surface area contributed by atoms with E-state index in [0.717, 1.165) is 16.0 Å². The quantitative estimate of drug-likeness (QED) is 0.208. The van der Waals surface area contributed by atoms with Gasteiger partial charge in [-0.2, -0.15) is 0 Å². The fourth-order valence-corrected chi connectivity index (χ4v) is 7.06. The van der Waals surface area contributed by atoms with Gasteiger partial charge in [-0.1, -0.05) is 23.7 Å². The van der Waals surface area contributed by atoms with Gasteiger partial charge < -0.3 is 20.1 Å². The number of imide groups is 1. The summed E-state index contributed by atoms with van der Waals surface area (Å²) in [6.07, 6.45) is 3.54. The maximum atomic E-state index is 13.6. The smallest absolute Gasteiger partial charge is 0.234 e. The summed E-state index contributed by atoms with van der Waals surface area (Å²) in [5.41, 5.74) is 3.54. The number of methoxy groups -OCH3 is 1. The molecule has 1 aromatic carbocycles. The van der Waals surface area contributed by atoms with Crippen LogP contribution in [0.2, 0.25) is 5.02 Å². The number of aromatic nitrogens is 1. The number of amides is 2. The molecule has 1 aliphatic heterocycles. The molecule has 42 heavy (non-hydrogen) atoms. The molecule has 0 radical (unpaired) electrons. The fraction of sp³-hybridized carbons (Fsp3) is 0.344. The lowest BCUT2D eigenvalue weighted by Gasteiger charge is -2.36. The molecule has 0 saturated carbocycles. The average molecular weight is 609 g/mol. The molecule has 0 unspecified atom stereocenters. The van der Waals surface area contributed by atoms with E-state index in [-0.39, 0.29) is 43.7 Å². The van der Waals surface area contributed by atoms with Crippen molar-refractivity contribution in [3.8, 4) is 5.75 Å². The number of benzene rings is 1.